The van der Waals surface area contributed by atoms with Crippen LogP contribution in [-0.4, -0.2) is 29.8 Å². The van der Waals surface area contributed by atoms with Crippen molar-refractivity contribution in [3.63, 3.8) is 0 Å². The molecule has 4 nitrogen and oxygen atoms in total. The molecule has 1 heterocycles. The van der Waals surface area contributed by atoms with E-state index in [1.54, 1.807) is 11.0 Å². The molecule has 0 bridgehead atoms. The van der Waals surface area contributed by atoms with Crippen LogP contribution in [0.3, 0.4) is 0 Å². The molecule has 1 atom stereocenters. The maximum absolute atomic E-state index is 13.2. The molecular weight excluding hydrogens is 326 g/mol. The number of anilines is 1. The first-order valence-electron chi connectivity index (χ1n) is 8.14. The Morgan fingerprint density at radius 1 is 1.04 bits per heavy atom. The molecule has 1 fully saturated rings. The quantitative estimate of drug-likeness (QED) is 0.927. The zero-order chi connectivity index (χ0) is 17.8. The highest BCUT2D eigenvalue weighted by molar-refractivity contribution is 5.96. The van der Waals surface area contributed by atoms with Crippen LogP contribution in [0.2, 0.25) is 0 Å². The highest BCUT2D eigenvalue weighted by Gasteiger charge is 2.29. The van der Waals surface area contributed by atoms with Gasteiger partial charge in [-0.1, -0.05) is 6.07 Å². The maximum Gasteiger partial charge on any atom is 0.253 e. The minimum atomic E-state index is -0.422. The van der Waals surface area contributed by atoms with Crippen LogP contribution in [0.1, 0.15) is 23.2 Å². The topological polar surface area (TPSA) is 49.4 Å². The van der Waals surface area contributed by atoms with Crippen molar-refractivity contribution in [1.82, 2.24) is 4.90 Å². The number of nitrogens with one attached hydrogen (secondary N) is 1. The standard InChI is InChI=1S/C19H18F2N2O2/c20-15-8-6-13(7-9-15)19(25)23-10-2-3-14(12-23)18(24)22-17-5-1-4-16(21)11-17/h1,4-9,11,14H,2-3,10,12H2,(H,22,24)/t14-/m0/s1. The molecule has 2 aromatic carbocycles. The summed E-state index contributed by atoms with van der Waals surface area (Å²) in [6, 6.07) is 11.1. The van der Waals surface area contributed by atoms with Crippen molar-refractivity contribution in [3.05, 3.63) is 65.7 Å². The minimum absolute atomic E-state index is 0.219. The van der Waals surface area contributed by atoms with E-state index in [4.69, 9.17) is 0 Å². The van der Waals surface area contributed by atoms with E-state index in [1.807, 2.05) is 0 Å². The van der Waals surface area contributed by atoms with Gasteiger partial charge in [0.15, 0.2) is 0 Å². The van der Waals surface area contributed by atoms with Crippen LogP contribution in [0.5, 0.6) is 0 Å². The zero-order valence-electron chi connectivity index (χ0n) is 13.5. The second-order valence-corrected chi connectivity index (χ2v) is 6.10. The largest absolute Gasteiger partial charge is 0.338 e. The predicted octanol–water partition coefficient (Wildman–Crippen LogP) is 3.46. The van der Waals surface area contributed by atoms with Gasteiger partial charge >= 0.3 is 0 Å². The van der Waals surface area contributed by atoms with Crippen LogP contribution >= 0.6 is 0 Å². The normalized spacial score (nSPS) is 17.2. The average molecular weight is 344 g/mol. The molecule has 1 saturated heterocycles. The number of hydrogen-bond acceptors (Lipinski definition) is 2. The van der Waals surface area contributed by atoms with Crippen LogP contribution in [0.15, 0.2) is 48.5 Å². The minimum Gasteiger partial charge on any atom is -0.338 e. The smallest absolute Gasteiger partial charge is 0.253 e. The van der Waals surface area contributed by atoms with Gasteiger partial charge in [0.05, 0.1) is 5.92 Å². The third-order valence-electron chi connectivity index (χ3n) is 4.26. The SMILES string of the molecule is O=C(Nc1cccc(F)c1)[C@H]1CCCN(C(=O)c2ccc(F)cc2)C1. The Hall–Kier alpha value is -2.76. The fourth-order valence-corrected chi connectivity index (χ4v) is 2.96. The van der Waals surface area contributed by atoms with E-state index in [0.29, 0.717) is 30.6 Å². The van der Waals surface area contributed by atoms with Gasteiger partial charge in [-0.15, -0.1) is 0 Å². The molecule has 1 N–H and O–H groups in total. The molecule has 3 rings (SSSR count). The van der Waals surface area contributed by atoms with Gasteiger partial charge in [-0.05, 0) is 55.3 Å². The van der Waals surface area contributed by atoms with Gasteiger partial charge in [0.2, 0.25) is 5.91 Å². The van der Waals surface area contributed by atoms with Crippen molar-refractivity contribution in [3.8, 4) is 0 Å². The molecule has 1 aliphatic heterocycles. The molecule has 25 heavy (non-hydrogen) atoms. The number of carbonyl (C=O) groups excluding carboxylic acids is 2. The highest BCUT2D eigenvalue weighted by atomic mass is 19.1. The second-order valence-electron chi connectivity index (χ2n) is 6.10. The summed E-state index contributed by atoms with van der Waals surface area (Å²) in [6.07, 6.45) is 1.36. The lowest BCUT2D eigenvalue weighted by atomic mass is 9.96. The van der Waals surface area contributed by atoms with Crippen LogP contribution < -0.4 is 5.32 Å². The Labute approximate surface area is 144 Å². The molecular formula is C19H18F2N2O2. The lowest BCUT2D eigenvalue weighted by molar-refractivity contribution is -0.121. The predicted molar refractivity (Wildman–Crippen MR) is 90.1 cm³/mol. The molecule has 130 valence electrons. The third kappa shape index (κ3) is 4.21. The van der Waals surface area contributed by atoms with Gasteiger partial charge in [0, 0.05) is 24.3 Å². The van der Waals surface area contributed by atoms with Crippen molar-refractivity contribution in [1.29, 1.82) is 0 Å². The van der Waals surface area contributed by atoms with Crippen molar-refractivity contribution < 1.29 is 18.4 Å². The molecule has 0 aromatic heterocycles. The summed E-state index contributed by atoms with van der Waals surface area (Å²) in [5.41, 5.74) is 0.791. The summed E-state index contributed by atoms with van der Waals surface area (Å²) < 4.78 is 26.2. The fourth-order valence-electron chi connectivity index (χ4n) is 2.96. The summed E-state index contributed by atoms with van der Waals surface area (Å²) in [5, 5.41) is 2.69. The number of halogens is 2. The van der Waals surface area contributed by atoms with Gasteiger partial charge in [0.25, 0.3) is 5.91 Å². The molecule has 6 heteroatoms. The Morgan fingerprint density at radius 2 is 1.80 bits per heavy atom. The van der Waals surface area contributed by atoms with Gasteiger partial charge in [-0.3, -0.25) is 9.59 Å². The molecule has 1 aliphatic rings. The first kappa shape index (κ1) is 17.1. The summed E-state index contributed by atoms with van der Waals surface area (Å²) in [4.78, 5) is 26.5. The molecule has 0 saturated carbocycles. The van der Waals surface area contributed by atoms with Gasteiger partial charge < -0.3 is 10.2 Å². The molecule has 2 aromatic rings. The van der Waals surface area contributed by atoms with Crippen molar-refractivity contribution in [2.75, 3.05) is 18.4 Å². The third-order valence-corrected chi connectivity index (χ3v) is 4.26. The van der Waals surface area contributed by atoms with Gasteiger partial charge in [-0.2, -0.15) is 0 Å². The average Bonchev–Trinajstić information content (AvgIpc) is 2.62. The van der Waals surface area contributed by atoms with E-state index < -0.39 is 11.6 Å². The van der Waals surface area contributed by atoms with Gasteiger partial charge in [-0.25, -0.2) is 8.78 Å². The zero-order valence-corrected chi connectivity index (χ0v) is 13.5. The number of benzene rings is 2. The number of amides is 2. The number of carbonyl (C=O) groups is 2. The Balaban J connectivity index is 1.65. The van der Waals surface area contributed by atoms with Crippen molar-refractivity contribution in [2.45, 2.75) is 12.8 Å². The van der Waals surface area contributed by atoms with Crippen LogP contribution in [-0.2, 0) is 4.79 Å². The van der Waals surface area contributed by atoms with E-state index in [1.165, 1.54) is 42.5 Å². The first-order valence-corrected chi connectivity index (χ1v) is 8.14. The van der Waals surface area contributed by atoms with E-state index >= 15 is 0 Å². The first-order chi connectivity index (χ1) is 12.0. The number of likely N-dealkylation sites (tertiary alicyclic amines) is 1. The van der Waals surface area contributed by atoms with E-state index in [9.17, 15) is 18.4 Å². The highest BCUT2D eigenvalue weighted by Crippen LogP contribution is 2.21. The van der Waals surface area contributed by atoms with Crippen LogP contribution in [0.25, 0.3) is 0 Å². The lowest BCUT2D eigenvalue weighted by Gasteiger charge is -2.32. The van der Waals surface area contributed by atoms with Crippen LogP contribution in [0, 0.1) is 17.6 Å². The summed E-state index contributed by atoms with van der Waals surface area (Å²) >= 11 is 0. The number of piperidine rings is 1. The van der Waals surface area contributed by atoms with Crippen LogP contribution in [0.4, 0.5) is 14.5 Å². The molecule has 0 aliphatic carbocycles. The molecule has 0 spiro atoms. The maximum atomic E-state index is 13.2. The van der Waals surface area contributed by atoms with Crippen molar-refractivity contribution in [2.24, 2.45) is 5.92 Å². The van der Waals surface area contributed by atoms with E-state index in [0.717, 1.165) is 0 Å². The molecule has 2 amide bonds. The Bertz CT molecular complexity index is 777. The van der Waals surface area contributed by atoms with E-state index in [2.05, 4.69) is 5.32 Å². The van der Waals surface area contributed by atoms with Crippen molar-refractivity contribution >= 4 is 17.5 Å². The van der Waals surface area contributed by atoms with E-state index in [-0.39, 0.29) is 24.3 Å². The fraction of sp³-hybridized carbons (Fsp3) is 0.263. The molecule has 0 radical (unpaired) electrons. The lowest BCUT2D eigenvalue weighted by Crippen LogP contribution is -2.43. The Kier molecular flexibility index (Phi) is 5.07. The van der Waals surface area contributed by atoms with Gasteiger partial charge in [0.1, 0.15) is 11.6 Å². The number of hydrogen-bond donors (Lipinski definition) is 1. The second kappa shape index (κ2) is 7.42. The summed E-state index contributed by atoms with van der Waals surface area (Å²) in [5.74, 6) is -1.64. The summed E-state index contributed by atoms with van der Waals surface area (Å²) in [6.45, 7) is 0.845. The number of rotatable bonds is 3. The summed E-state index contributed by atoms with van der Waals surface area (Å²) in [7, 11) is 0. The molecule has 0 unspecified atom stereocenters. The number of nitrogens with zero attached hydrogens (tertiary/aromatic N) is 1. The Morgan fingerprint density at radius 3 is 2.52 bits per heavy atom. The monoisotopic (exact) mass is 344 g/mol.